The molecule has 2 unspecified atom stereocenters. The third-order valence-corrected chi connectivity index (χ3v) is 3.93. The van der Waals surface area contributed by atoms with Crippen LogP contribution in [0.2, 0.25) is 5.02 Å². The van der Waals surface area contributed by atoms with Gasteiger partial charge in [0.2, 0.25) is 0 Å². The fourth-order valence-corrected chi connectivity index (χ4v) is 2.40. The second-order valence-electron chi connectivity index (χ2n) is 5.11. The molecule has 0 radical (unpaired) electrons. The maximum Gasteiger partial charge on any atom is 0.0761 e. The van der Waals surface area contributed by atoms with E-state index in [4.69, 9.17) is 11.6 Å². The number of nitrogens with zero attached hydrogens (tertiary/aromatic N) is 1. The number of anilines is 1. The van der Waals surface area contributed by atoms with Gasteiger partial charge in [-0.25, -0.2) is 0 Å². The molecule has 0 fully saturated rings. The van der Waals surface area contributed by atoms with Crippen LogP contribution in [0.15, 0.2) is 48.5 Å². The molecule has 2 nitrogen and oxygen atoms in total. The zero-order valence-corrected chi connectivity index (χ0v) is 12.8. The van der Waals surface area contributed by atoms with E-state index in [9.17, 15) is 5.11 Å². The SMILES string of the molecule is CC(O)c1ccc(N(C)C(C)c2cccc(Cl)c2)cc1. The lowest BCUT2D eigenvalue weighted by molar-refractivity contribution is 0.199. The van der Waals surface area contributed by atoms with Gasteiger partial charge in [-0.2, -0.15) is 0 Å². The molecule has 3 heteroatoms. The number of aliphatic hydroxyl groups is 1. The van der Waals surface area contributed by atoms with E-state index in [1.165, 1.54) is 5.56 Å². The van der Waals surface area contributed by atoms with Gasteiger partial charge < -0.3 is 10.0 Å². The first-order valence-corrected chi connectivity index (χ1v) is 7.13. The van der Waals surface area contributed by atoms with Crippen molar-refractivity contribution in [1.82, 2.24) is 0 Å². The zero-order valence-electron chi connectivity index (χ0n) is 12.0. The van der Waals surface area contributed by atoms with E-state index >= 15 is 0 Å². The molecule has 0 aromatic heterocycles. The standard InChI is InChI=1S/C17H20ClNO/c1-12(15-5-4-6-16(18)11-15)19(3)17-9-7-14(8-10-17)13(2)20/h4-13,20H,1-3H3. The van der Waals surface area contributed by atoms with Crippen molar-refractivity contribution in [2.75, 3.05) is 11.9 Å². The van der Waals surface area contributed by atoms with E-state index in [2.05, 4.69) is 24.9 Å². The van der Waals surface area contributed by atoms with Gasteiger partial charge in [-0.1, -0.05) is 35.9 Å². The molecule has 0 saturated heterocycles. The Bertz CT molecular complexity index is 565. The van der Waals surface area contributed by atoms with E-state index in [0.717, 1.165) is 16.3 Å². The first-order chi connectivity index (χ1) is 9.49. The van der Waals surface area contributed by atoms with E-state index in [1.54, 1.807) is 6.92 Å². The quantitative estimate of drug-likeness (QED) is 0.890. The highest BCUT2D eigenvalue weighted by Gasteiger charge is 2.13. The Balaban J connectivity index is 2.20. The minimum absolute atomic E-state index is 0.228. The molecular weight excluding hydrogens is 270 g/mol. The van der Waals surface area contributed by atoms with Crippen molar-refractivity contribution >= 4 is 17.3 Å². The monoisotopic (exact) mass is 289 g/mol. The van der Waals surface area contributed by atoms with Gasteiger partial charge in [-0.15, -0.1) is 0 Å². The van der Waals surface area contributed by atoms with Gasteiger partial charge in [0.15, 0.2) is 0 Å². The van der Waals surface area contributed by atoms with Crippen molar-refractivity contribution in [2.24, 2.45) is 0 Å². The van der Waals surface area contributed by atoms with Crippen LogP contribution in [-0.4, -0.2) is 12.2 Å². The Hall–Kier alpha value is -1.51. The lowest BCUT2D eigenvalue weighted by Crippen LogP contribution is -2.21. The van der Waals surface area contributed by atoms with Gasteiger partial charge in [-0.05, 0) is 49.2 Å². The van der Waals surface area contributed by atoms with Gasteiger partial charge in [0, 0.05) is 17.8 Å². The van der Waals surface area contributed by atoms with Crippen molar-refractivity contribution in [2.45, 2.75) is 26.0 Å². The topological polar surface area (TPSA) is 23.5 Å². The summed E-state index contributed by atoms with van der Waals surface area (Å²) in [5.74, 6) is 0. The van der Waals surface area contributed by atoms with Crippen molar-refractivity contribution in [3.8, 4) is 0 Å². The molecule has 0 aliphatic rings. The van der Waals surface area contributed by atoms with Crippen LogP contribution in [0.4, 0.5) is 5.69 Å². The summed E-state index contributed by atoms with van der Waals surface area (Å²) in [6.45, 7) is 3.92. The first-order valence-electron chi connectivity index (χ1n) is 6.75. The molecule has 0 spiro atoms. The van der Waals surface area contributed by atoms with Crippen LogP contribution in [0.1, 0.15) is 37.1 Å². The van der Waals surface area contributed by atoms with E-state index < -0.39 is 6.10 Å². The van der Waals surface area contributed by atoms with E-state index in [1.807, 2.05) is 42.5 Å². The Morgan fingerprint density at radius 2 is 1.65 bits per heavy atom. The highest BCUT2D eigenvalue weighted by atomic mass is 35.5. The molecule has 0 bridgehead atoms. The largest absolute Gasteiger partial charge is 0.389 e. The average Bonchev–Trinajstić information content (AvgIpc) is 2.46. The molecule has 0 heterocycles. The average molecular weight is 290 g/mol. The van der Waals surface area contributed by atoms with Crippen LogP contribution in [-0.2, 0) is 0 Å². The summed E-state index contributed by atoms with van der Waals surface area (Å²) in [7, 11) is 2.06. The minimum Gasteiger partial charge on any atom is -0.389 e. The number of benzene rings is 2. The molecular formula is C17H20ClNO. The molecule has 20 heavy (non-hydrogen) atoms. The predicted octanol–water partition coefficient (Wildman–Crippen LogP) is 4.59. The predicted molar refractivity (Wildman–Crippen MR) is 85.3 cm³/mol. The number of hydrogen-bond donors (Lipinski definition) is 1. The third-order valence-electron chi connectivity index (χ3n) is 3.69. The van der Waals surface area contributed by atoms with Crippen LogP contribution in [0.3, 0.4) is 0 Å². The Labute approximate surface area is 125 Å². The second kappa shape index (κ2) is 6.29. The summed E-state index contributed by atoms with van der Waals surface area (Å²) in [5, 5.41) is 10.3. The van der Waals surface area contributed by atoms with Crippen LogP contribution in [0.5, 0.6) is 0 Å². The van der Waals surface area contributed by atoms with Gasteiger partial charge >= 0.3 is 0 Å². The third kappa shape index (κ3) is 3.33. The lowest BCUT2D eigenvalue weighted by atomic mass is 10.1. The summed E-state index contributed by atoms with van der Waals surface area (Å²) in [6.07, 6.45) is -0.431. The second-order valence-corrected chi connectivity index (χ2v) is 5.55. The molecule has 0 amide bonds. The molecule has 2 atom stereocenters. The fourth-order valence-electron chi connectivity index (χ4n) is 2.20. The normalized spacial score (nSPS) is 13.8. The summed E-state index contributed by atoms with van der Waals surface area (Å²) in [6, 6.07) is 16.1. The van der Waals surface area contributed by atoms with Crippen LogP contribution >= 0.6 is 11.6 Å². The molecule has 0 aliphatic heterocycles. The van der Waals surface area contributed by atoms with Crippen LogP contribution in [0.25, 0.3) is 0 Å². The number of hydrogen-bond acceptors (Lipinski definition) is 2. The van der Waals surface area contributed by atoms with Crippen molar-refractivity contribution < 1.29 is 5.11 Å². The molecule has 2 rings (SSSR count). The fraction of sp³-hybridized carbons (Fsp3) is 0.294. The smallest absolute Gasteiger partial charge is 0.0761 e. The highest BCUT2D eigenvalue weighted by Crippen LogP contribution is 2.27. The summed E-state index contributed by atoms with van der Waals surface area (Å²) < 4.78 is 0. The van der Waals surface area contributed by atoms with E-state index in [-0.39, 0.29) is 6.04 Å². The molecule has 1 N–H and O–H groups in total. The Morgan fingerprint density at radius 3 is 2.20 bits per heavy atom. The van der Waals surface area contributed by atoms with E-state index in [0.29, 0.717) is 0 Å². The number of halogens is 1. The maximum absolute atomic E-state index is 9.54. The van der Waals surface area contributed by atoms with Gasteiger partial charge in [0.1, 0.15) is 0 Å². The Kier molecular flexibility index (Phi) is 4.69. The Morgan fingerprint density at radius 1 is 1.00 bits per heavy atom. The van der Waals surface area contributed by atoms with Gasteiger partial charge in [0.05, 0.1) is 12.1 Å². The van der Waals surface area contributed by atoms with Crippen molar-refractivity contribution in [3.63, 3.8) is 0 Å². The van der Waals surface area contributed by atoms with Crippen molar-refractivity contribution in [3.05, 3.63) is 64.7 Å². The molecule has 106 valence electrons. The number of aliphatic hydroxyl groups excluding tert-OH is 1. The summed E-state index contributed by atoms with van der Waals surface area (Å²) >= 11 is 6.05. The lowest BCUT2D eigenvalue weighted by Gasteiger charge is -2.28. The molecule has 0 saturated carbocycles. The highest BCUT2D eigenvalue weighted by molar-refractivity contribution is 6.30. The maximum atomic E-state index is 9.54. The zero-order chi connectivity index (χ0) is 14.7. The summed E-state index contributed by atoms with van der Waals surface area (Å²) in [5.41, 5.74) is 3.22. The first kappa shape index (κ1) is 14.9. The molecule has 2 aromatic carbocycles. The van der Waals surface area contributed by atoms with Crippen LogP contribution < -0.4 is 4.90 Å². The molecule has 0 aliphatic carbocycles. The van der Waals surface area contributed by atoms with Crippen molar-refractivity contribution in [1.29, 1.82) is 0 Å². The number of rotatable bonds is 4. The van der Waals surface area contributed by atoms with Gasteiger partial charge in [0.25, 0.3) is 0 Å². The summed E-state index contributed by atoms with van der Waals surface area (Å²) in [4.78, 5) is 2.19. The van der Waals surface area contributed by atoms with Gasteiger partial charge in [-0.3, -0.25) is 0 Å². The molecule has 2 aromatic rings. The van der Waals surface area contributed by atoms with Crippen LogP contribution in [0, 0.1) is 0 Å². The minimum atomic E-state index is -0.431.